The van der Waals surface area contributed by atoms with Gasteiger partial charge in [-0.1, -0.05) is 18.2 Å². The van der Waals surface area contributed by atoms with Gasteiger partial charge in [0.05, 0.1) is 23.6 Å². The van der Waals surface area contributed by atoms with E-state index in [9.17, 15) is 9.32 Å². The molecule has 3 N–H and O–H groups in total. The predicted molar refractivity (Wildman–Crippen MR) is 100.0 cm³/mol. The van der Waals surface area contributed by atoms with E-state index < -0.39 is 16.4 Å². The Balaban J connectivity index is 1.88. The topological polar surface area (TPSA) is 86.9 Å². The Morgan fingerprint density at radius 2 is 2.00 bits per heavy atom. The van der Waals surface area contributed by atoms with Crippen molar-refractivity contribution in [3.05, 3.63) is 54.5 Å². The standard InChI is InChI=1S/C18H25N3O3S/c1-3-19-17(21-14-18(2,22)16-10-7-12-24-16)20-11-13-25(23)15-8-5-4-6-9-15/h4-10,12,22H,3,11,13-14H2,1-2H3,(H2,19,20,21). The molecule has 2 unspecified atom stereocenters. The molecule has 0 aliphatic rings. The van der Waals surface area contributed by atoms with Crippen molar-refractivity contribution in [2.24, 2.45) is 4.99 Å². The summed E-state index contributed by atoms with van der Waals surface area (Å²) >= 11 is 0. The van der Waals surface area contributed by atoms with Crippen LogP contribution in [0, 0.1) is 0 Å². The highest BCUT2D eigenvalue weighted by atomic mass is 32.2. The Morgan fingerprint density at radius 1 is 1.24 bits per heavy atom. The molecule has 0 aliphatic carbocycles. The Kier molecular flexibility index (Phi) is 7.21. The fourth-order valence-corrected chi connectivity index (χ4v) is 3.17. The van der Waals surface area contributed by atoms with Crippen molar-refractivity contribution in [2.45, 2.75) is 24.3 Å². The molecule has 0 bridgehead atoms. The van der Waals surface area contributed by atoms with Crippen LogP contribution >= 0.6 is 0 Å². The predicted octanol–water partition coefficient (Wildman–Crippen LogP) is 1.85. The average molecular weight is 363 g/mol. The molecule has 0 aliphatic heterocycles. The number of rotatable bonds is 8. The van der Waals surface area contributed by atoms with Gasteiger partial charge in [-0.2, -0.15) is 0 Å². The third-order valence-corrected chi connectivity index (χ3v) is 4.90. The van der Waals surface area contributed by atoms with Crippen LogP contribution in [0.1, 0.15) is 19.6 Å². The van der Waals surface area contributed by atoms with Gasteiger partial charge in [-0.05, 0) is 38.1 Å². The summed E-state index contributed by atoms with van der Waals surface area (Å²) in [5.41, 5.74) is -1.18. The van der Waals surface area contributed by atoms with Crippen LogP contribution in [0.2, 0.25) is 0 Å². The number of guanidine groups is 1. The Bertz CT molecular complexity index is 685. The van der Waals surface area contributed by atoms with E-state index in [2.05, 4.69) is 15.6 Å². The van der Waals surface area contributed by atoms with Crippen molar-refractivity contribution in [1.82, 2.24) is 10.6 Å². The maximum absolute atomic E-state index is 12.2. The molecule has 2 aromatic rings. The van der Waals surface area contributed by atoms with Crippen molar-refractivity contribution in [3.63, 3.8) is 0 Å². The van der Waals surface area contributed by atoms with Crippen LogP contribution in [-0.4, -0.2) is 40.7 Å². The van der Waals surface area contributed by atoms with Gasteiger partial charge in [0.1, 0.15) is 11.4 Å². The normalized spacial score (nSPS) is 15.4. The van der Waals surface area contributed by atoms with Crippen LogP contribution in [0.3, 0.4) is 0 Å². The van der Waals surface area contributed by atoms with Gasteiger partial charge >= 0.3 is 0 Å². The first kappa shape index (κ1) is 19.2. The first-order chi connectivity index (χ1) is 12.0. The van der Waals surface area contributed by atoms with Crippen molar-refractivity contribution in [1.29, 1.82) is 0 Å². The molecule has 2 atom stereocenters. The third-order valence-electron chi connectivity index (χ3n) is 3.53. The third kappa shape index (κ3) is 6.03. The van der Waals surface area contributed by atoms with E-state index in [1.165, 1.54) is 6.26 Å². The molecule has 1 aromatic heterocycles. The van der Waals surface area contributed by atoms with E-state index in [0.717, 1.165) is 4.90 Å². The molecule has 0 fully saturated rings. The lowest BCUT2D eigenvalue weighted by molar-refractivity contribution is 0.0437. The molecule has 6 nitrogen and oxygen atoms in total. The lowest BCUT2D eigenvalue weighted by Crippen LogP contribution is -2.40. The summed E-state index contributed by atoms with van der Waals surface area (Å²) in [6.07, 6.45) is 1.52. The quantitative estimate of drug-likeness (QED) is 0.492. The molecule has 1 heterocycles. The summed E-state index contributed by atoms with van der Waals surface area (Å²) in [5, 5.41) is 16.7. The smallest absolute Gasteiger partial charge is 0.191 e. The van der Waals surface area contributed by atoms with Crippen molar-refractivity contribution in [3.8, 4) is 0 Å². The average Bonchev–Trinajstić information content (AvgIpc) is 3.16. The molecule has 136 valence electrons. The zero-order valence-corrected chi connectivity index (χ0v) is 15.4. The van der Waals surface area contributed by atoms with E-state index in [1.807, 2.05) is 37.3 Å². The molecular formula is C18H25N3O3S. The lowest BCUT2D eigenvalue weighted by atomic mass is 10.0. The van der Waals surface area contributed by atoms with Gasteiger partial charge in [-0.3, -0.25) is 4.21 Å². The van der Waals surface area contributed by atoms with Gasteiger partial charge in [-0.25, -0.2) is 4.99 Å². The Hall–Kier alpha value is -2.12. The number of aliphatic hydroxyl groups is 1. The molecule has 0 radical (unpaired) electrons. The first-order valence-corrected chi connectivity index (χ1v) is 9.57. The molecule has 1 aromatic carbocycles. The number of hydrogen-bond donors (Lipinski definition) is 3. The zero-order chi connectivity index (χ0) is 18.1. The van der Waals surface area contributed by atoms with E-state index in [-0.39, 0.29) is 6.54 Å². The number of benzene rings is 1. The fraction of sp³-hybridized carbons (Fsp3) is 0.389. The molecule has 25 heavy (non-hydrogen) atoms. The van der Waals surface area contributed by atoms with E-state index in [4.69, 9.17) is 4.42 Å². The van der Waals surface area contributed by atoms with Gasteiger partial charge in [0.15, 0.2) is 5.96 Å². The maximum Gasteiger partial charge on any atom is 0.191 e. The summed E-state index contributed by atoms with van der Waals surface area (Å²) in [6, 6.07) is 12.8. The van der Waals surface area contributed by atoms with Gasteiger partial charge in [0, 0.05) is 23.7 Å². The summed E-state index contributed by atoms with van der Waals surface area (Å²) < 4.78 is 17.5. The van der Waals surface area contributed by atoms with Crippen LogP contribution in [0.15, 0.2) is 63.0 Å². The number of furan rings is 1. The monoisotopic (exact) mass is 363 g/mol. The highest BCUT2D eigenvalue weighted by Gasteiger charge is 2.26. The highest BCUT2D eigenvalue weighted by Crippen LogP contribution is 2.20. The lowest BCUT2D eigenvalue weighted by Gasteiger charge is -2.19. The largest absolute Gasteiger partial charge is 0.466 e. The molecule has 7 heteroatoms. The van der Waals surface area contributed by atoms with Gasteiger partial charge in [0.25, 0.3) is 0 Å². The number of nitrogens with zero attached hydrogens (tertiary/aromatic N) is 1. The van der Waals surface area contributed by atoms with Crippen molar-refractivity contribution >= 4 is 16.8 Å². The van der Waals surface area contributed by atoms with Crippen LogP contribution in [0.4, 0.5) is 0 Å². The Morgan fingerprint density at radius 3 is 2.64 bits per heavy atom. The van der Waals surface area contributed by atoms with Crippen molar-refractivity contribution in [2.75, 3.05) is 25.4 Å². The molecule has 0 saturated carbocycles. The van der Waals surface area contributed by atoms with E-state index in [0.29, 0.717) is 30.6 Å². The highest BCUT2D eigenvalue weighted by molar-refractivity contribution is 7.85. The zero-order valence-electron chi connectivity index (χ0n) is 14.6. The van der Waals surface area contributed by atoms with Crippen LogP contribution < -0.4 is 10.6 Å². The summed E-state index contributed by atoms with van der Waals surface area (Å²) in [6.45, 7) is 4.97. The maximum atomic E-state index is 12.2. The minimum absolute atomic E-state index is 0.150. The second kappa shape index (κ2) is 9.39. The minimum Gasteiger partial charge on any atom is -0.466 e. The SMILES string of the molecule is CCNC(=NCC(C)(O)c1ccco1)NCCS(=O)c1ccccc1. The van der Waals surface area contributed by atoms with Gasteiger partial charge in [-0.15, -0.1) is 0 Å². The van der Waals surface area contributed by atoms with E-state index >= 15 is 0 Å². The molecule has 0 saturated heterocycles. The first-order valence-electron chi connectivity index (χ1n) is 8.25. The number of hydrogen-bond acceptors (Lipinski definition) is 4. The molecule has 2 rings (SSSR count). The fourth-order valence-electron chi connectivity index (χ4n) is 2.19. The second-order valence-electron chi connectivity index (χ2n) is 5.74. The second-order valence-corrected chi connectivity index (χ2v) is 7.31. The Labute approximate surface area is 150 Å². The molecule has 0 amide bonds. The number of aliphatic imine (C=N–C) groups is 1. The van der Waals surface area contributed by atoms with Crippen LogP contribution in [0.25, 0.3) is 0 Å². The summed E-state index contributed by atoms with van der Waals surface area (Å²) in [7, 11) is -1.06. The van der Waals surface area contributed by atoms with Crippen LogP contribution in [0.5, 0.6) is 0 Å². The summed E-state index contributed by atoms with van der Waals surface area (Å²) in [4.78, 5) is 5.21. The molecule has 0 spiro atoms. The van der Waals surface area contributed by atoms with Crippen molar-refractivity contribution < 1.29 is 13.7 Å². The molecular weight excluding hydrogens is 338 g/mol. The van der Waals surface area contributed by atoms with Gasteiger partial charge < -0.3 is 20.2 Å². The summed E-state index contributed by atoms with van der Waals surface area (Å²) in [5.74, 6) is 1.51. The number of nitrogens with one attached hydrogen (secondary N) is 2. The van der Waals surface area contributed by atoms with Crippen LogP contribution in [-0.2, 0) is 16.4 Å². The van der Waals surface area contributed by atoms with E-state index in [1.54, 1.807) is 19.1 Å². The van der Waals surface area contributed by atoms with Gasteiger partial charge in [0.2, 0.25) is 0 Å². The minimum atomic E-state index is -1.18.